The number of benzene rings is 1. The van der Waals surface area contributed by atoms with Crippen molar-refractivity contribution in [2.24, 2.45) is 0 Å². The predicted octanol–water partition coefficient (Wildman–Crippen LogP) is 1.10. The number of hydrogen-bond donors (Lipinski definition) is 3. The second kappa shape index (κ2) is 3.55. The van der Waals surface area contributed by atoms with Gasteiger partial charge in [0.05, 0.1) is 0 Å². The van der Waals surface area contributed by atoms with E-state index in [0.717, 1.165) is 5.56 Å². The van der Waals surface area contributed by atoms with Crippen LogP contribution in [0.2, 0.25) is 0 Å². The monoisotopic (exact) mass is 207 g/mol. The van der Waals surface area contributed by atoms with Crippen molar-refractivity contribution in [3.63, 3.8) is 0 Å². The smallest absolute Gasteiger partial charge is 0.323 e. The van der Waals surface area contributed by atoms with Crippen LogP contribution in [0, 0.1) is 0 Å². The van der Waals surface area contributed by atoms with Crippen LogP contribution in [-0.4, -0.2) is 21.7 Å². The molecule has 4 heteroatoms. The molecule has 1 aromatic carbocycles. The summed E-state index contributed by atoms with van der Waals surface area (Å²) in [6, 6.07) is 6.75. The number of nitrogens with one attached hydrogen (secondary N) is 1. The minimum Gasteiger partial charge on any atom is -0.508 e. The van der Waals surface area contributed by atoms with Gasteiger partial charge in [-0.2, -0.15) is 0 Å². The van der Waals surface area contributed by atoms with E-state index in [-0.39, 0.29) is 5.75 Å². The van der Waals surface area contributed by atoms with E-state index in [1.54, 1.807) is 24.3 Å². The largest absolute Gasteiger partial charge is 0.508 e. The van der Waals surface area contributed by atoms with Gasteiger partial charge in [-0.3, -0.25) is 10.1 Å². The van der Waals surface area contributed by atoms with Gasteiger partial charge in [0.15, 0.2) is 0 Å². The van der Waals surface area contributed by atoms with Gasteiger partial charge in [-0.15, -0.1) is 0 Å². The zero-order valence-corrected chi connectivity index (χ0v) is 8.23. The van der Waals surface area contributed by atoms with Crippen LogP contribution < -0.4 is 5.32 Å². The van der Waals surface area contributed by atoms with E-state index in [1.807, 2.05) is 0 Å². The second-order valence-electron chi connectivity index (χ2n) is 3.91. The van der Waals surface area contributed by atoms with Crippen LogP contribution in [0.1, 0.15) is 18.4 Å². The zero-order valence-electron chi connectivity index (χ0n) is 8.23. The Labute approximate surface area is 87.6 Å². The van der Waals surface area contributed by atoms with Crippen LogP contribution in [0.25, 0.3) is 0 Å². The summed E-state index contributed by atoms with van der Waals surface area (Å²) in [6.45, 7) is 0.520. The lowest BCUT2D eigenvalue weighted by Gasteiger charge is -2.11. The lowest BCUT2D eigenvalue weighted by atomic mass is 10.2. The Hall–Kier alpha value is -1.55. The van der Waals surface area contributed by atoms with Crippen LogP contribution in [0.5, 0.6) is 5.75 Å². The van der Waals surface area contributed by atoms with Crippen LogP contribution >= 0.6 is 0 Å². The molecule has 2 rings (SSSR count). The molecular formula is C11H13NO3. The molecule has 0 heterocycles. The first-order valence-corrected chi connectivity index (χ1v) is 4.89. The van der Waals surface area contributed by atoms with Gasteiger partial charge in [-0.25, -0.2) is 0 Å². The number of carbonyl (C=O) groups is 1. The van der Waals surface area contributed by atoms with E-state index in [2.05, 4.69) is 5.32 Å². The Morgan fingerprint density at radius 1 is 1.33 bits per heavy atom. The van der Waals surface area contributed by atoms with Gasteiger partial charge in [-0.1, -0.05) is 12.1 Å². The molecule has 0 atom stereocenters. The van der Waals surface area contributed by atoms with Gasteiger partial charge < -0.3 is 10.2 Å². The highest BCUT2D eigenvalue weighted by Crippen LogP contribution is 2.35. The highest BCUT2D eigenvalue weighted by molar-refractivity contribution is 5.82. The summed E-state index contributed by atoms with van der Waals surface area (Å²) < 4.78 is 0. The highest BCUT2D eigenvalue weighted by atomic mass is 16.4. The number of aliphatic carboxylic acids is 1. The molecule has 0 amide bonds. The lowest BCUT2D eigenvalue weighted by molar-refractivity contribution is -0.140. The average molecular weight is 207 g/mol. The number of rotatable bonds is 4. The maximum Gasteiger partial charge on any atom is 0.323 e. The van der Waals surface area contributed by atoms with E-state index in [1.165, 1.54) is 0 Å². The van der Waals surface area contributed by atoms with Crippen molar-refractivity contribution in [3.8, 4) is 5.75 Å². The lowest BCUT2D eigenvalue weighted by Crippen LogP contribution is -2.38. The molecule has 1 saturated carbocycles. The maximum absolute atomic E-state index is 10.9. The summed E-state index contributed by atoms with van der Waals surface area (Å²) in [7, 11) is 0. The Bertz CT molecular complexity index is 368. The topological polar surface area (TPSA) is 69.6 Å². The van der Waals surface area contributed by atoms with Crippen molar-refractivity contribution in [2.45, 2.75) is 24.9 Å². The van der Waals surface area contributed by atoms with E-state index in [0.29, 0.717) is 19.4 Å². The Morgan fingerprint density at radius 2 is 1.93 bits per heavy atom. The number of carboxylic acids is 1. The summed E-state index contributed by atoms with van der Waals surface area (Å²) in [5, 5.41) is 21.0. The van der Waals surface area contributed by atoms with Crippen molar-refractivity contribution < 1.29 is 15.0 Å². The fraction of sp³-hybridized carbons (Fsp3) is 0.364. The van der Waals surface area contributed by atoms with E-state index in [4.69, 9.17) is 10.2 Å². The van der Waals surface area contributed by atoms with Gasteiger partial charge >= 0.3 is 5.97 Å². The number of phenols is 1. The van der Waals surface area contributed by atoms with Crippen molar-refractivity contribution in [1.82, 2.24) is 5.32 Å². The van der Waals surface area contributed by atoms with E-state index in [9.17, 15) is 4.79 Å². The molecule has 0 aliphatic heterocycles. The van der Waals surface area contributed by atoms with Crippen molar-refractivity contribution in [3.05, 3.63) is 29.8 Å². The normalized spacial score (nSPS) is 17.3. The van der Waals surface area contributed by atoms with E-state index < -0.39 is 11.5 Å². The molecular weight excluding hydrogens is 194 g/mol. The number of phenolic OH excluding ortho intramolecular Hbond substituents is 1. The molecule has 0 bridgehead atoms. The highest BCUT2D eigenvalue weighted by Gasteiger charge is 2.49. The summed E-state index contributed by atoms with van der Waals surface area (Å²) >= 11 is 0. The second-order valence-corrected chi connectivity index (χ2v) is 3.91. The van der Waals surface area contributed by atoms with Gasteiger partial charge in [0.1, 0.15) is 11.3 Å². The van der Waals surface area contributed by atoms with Crippen molar-refractivity contribution >= 4 is 5.97 Å². The first-order valence-electron chi connectivity index (χ1n) is 4.89. The summed E-state index contributed by atoms with van der Waals surface area (Å²) in [5.74, 6) is -0.556. The van der Waals surface area contributed by atoms with Gasteiger partial charge in [0, 0.05) is 6.54 Å². The molecule has 4 nitrogen and oxygen atoms in total. The summed E-state index contributed by atoms with van der Waals surface area (Å²) in [6.07, 6.45) is 1.39. The standard InChI is InChI=1S/C11H13NO3/c13-9-3-1-8(2-4-9)7-12-11(5-6-11)10(14)15/h1-4,12-13H,5-7H2,(H,14,15). The number of carboxylic acid groups (broad SMARTS) is 1. The molecule has 0 spiro atoms. The fourth-order valence-corrected chi connectivity index (χ4v) is 1.48. The SMILES string of the molecule is O=C(O)C1(NCc2ccc(O)cc2)CC1. The third-order valence-electron chi connectivity index (χ3n) is 2.73. The quantitative estimate of drug-likeness (QED) is 0.691. The molecule has 0 radical (unpaired) electrons. The minimum atomic E-state index is -0.777. The molecule has 3 N–H and O–H groups in total. The third-order valence-corrected chi connectivity index (χ3v) is 2.73. The van der Waals surface area contributed by atoms with Crippen LogP contribution in [0.3, 0.4) is 0 Å². The Kier molecular flexibility index (Phi) is 2.36. The zero-order chi connectivity index (χ0) is 10.9. The van der Waals surface area contributed by atoms with Crippen molar-refractivity contribution in [1.29, 1.82) is 0 Å². The van der Waals surface area contributed by atoms with Gasteiger partial charge in [-0.05, 0) is 30.5 Å². The Balaban J connectivity index is 1.94. The van der Waals surface area contributed by atoms with Crippen LogP contribution in [-0.2, 0) is 11.3 Å². The van der Waals surface area contributed by atoms with Gasteiger partial charge in [0.25, 0.3) is 0 Å². The number of hydrogen-bond acceptors (Lipinski definition) is 3. The maximum atomic E-state index is 10.9. The molecule has 0 saturated heterocycles. The van der Waals surface area contributed by atoms with Crippen LogP contribution in [0.4, 0.5) is 0 Å². The molecule has 0 aromatic heterocycles. The third kappa shape index (κ3) is 2.10. The first kappa shape index (κ1) is 9.98. The van der Waals surface area contributed by atoms with Gasteiger partial charge in [0.2, 0.25) is 0 Å². The first-order chi connectivity index (χ1) is 7.12. The molecule has 1 aromatic rings. The molecule has 0 unspecified atom stereocenters. The molecule has 15 heavy (non-hydrogen) atoms. The average Bonchev–Trinajstić information content (AvgIpc) is 2.98. The molecule has 1 fully saturated rings. The molecule has 80 valence electrons. The predicted molar refractivity (Wildman–Crippen MR) is 54.5 cm³/mol. The molecule has 1 aliphatic rings. The fourth-order valence-electron chi connectivity index (χ4n) is 1.48. The molecule has 1 aliphatic carbocycles. The van der Waals surface area contributed by atoms with Crippen molar-refractivity contribution in [2.75, 3.05) is 0 Å². The minimum absolute atomic E-state index is 0.220. The van der Waals surface area contributed by atoms with Crippen LogP contribution in [0.15, 0.2) is 24.3 Å². The summed E-state index contributed by atoms with van der Waals surface area (Å²) in [5.41, 5.74) is 0.276. The Morgan fingerprint density at radius 3 is 2.40 bits per heavy atom. The number of aromatic hydroxyl groups is 1. The van der Waals surface area contributed by atoms with E-state index >= 15 is 0 Å². The summed E-state index contributed by atoms with van der Waals surface area (Å²) in [4.78, 5) is 10.9.